The highest BCUT2D eigenvalue weighted by atomic mass is 15.0. The van der Waals surface area contributed by atoms with Crippen LogP contribution in [0.5, 0.6) is 0 Å². The molecule has 0 atom stereocenters. The van der Waals surface area contributed by atoms with Gasteiger partial charge < -0.3 is 4.57 Å². The third kappa shape index (κ3) is 4.26. The van der Waals surface area contributed by atoms with Crippen molar-refractivity contribution in [3.05, 3.63) is 175 Å². The molecule has 0 fully saturated rings. The van der Waals surface area contributed by atoms with Gasteiger partial charge in [0.05, 0.1) is 22.3 Å². The zero-order chi connectivity index (χ0) is 31.3. The summed E-state index contributed by atoms with van der Waals surface area (Å²) >= 11 is 0. The molecule has 0 saturated heterocycles. The van der Waals surface area contributed by atoms with E-state index >= 15 is 0 Å². The van der Waals surface area contributed by atoms with Crippen molar-refractivity contribution >= 4 is 43.4 Å². The lowest BCUT2D eigenvalue weighted by Gasteiger charge is -2.18. The fraction of sp³-hybridized carbons (Fsp3) is 0. The van der Waals surface area contributed by atoms with E-state index in [0.29, 0.717) is 5.56 Å². The molecule has 2 heteroatoms. The molecule has 0 saturated carbocycles. The predicted octanol–water partition coefficient (Wildman–Crippen LogP) is 12.0. The molecule has 2 nitrogen and oxygen atoms in total. The molecule has 0 aliphatic rings. The number of para-hydroxylation sites is 2. The van der Waals surface area contributed by atoms with Gasteiger partial charge in [0.25, 0.3) is 0 Å². The minimum atomic E-state index is 0.645. The van der Waals surface area contributed by atoms with E-state index < -0.39 is 0 Å². The van der Waals surface area contributed by atoms with E-state index in [0.717, 1.165) is 27.8 Å². The van der Waals surface area contributed by atoms with E-state index in [1.807, 2.05) is 6.07 Å². The third-order valence-corrected chi connectivity index (χ3v) is 9.44. The first kappa shape index (κ1) is 26.9. The maximum absolute atomic E-state index is 10.4. The molecule has 1 heterocycles. The number of hydrogen-bond donors (Lipinski definition) is 0. The van der Waals surface area contributed by atoms with Crippen molar-refractivity contribution in [3.63, 3.8) is 0 Å². The second-order valence-electron chi connectivity index (χ2n) is 12.0. The van der Waals surface area contributed by atoms with Gasteiger partial charge in [-0.25, -0.2) is 0 Å². The lowest BCUT2D eigenvalue weighted by molar-refractivity contribution is 1.17. The monoisotopic (exact) mass is 596 g/mol. The summed E-state index contributed by atoms with van der Waals surface area (Å²) in [5.74, 6) is 0. The number of hydrogen-bond acceptors (Lipinski definition) is 1. The Balaban J connectivity index is 1.17. The minimum absolute atomic E-state index is 0.645. The maximum Gasteiger partial charge on any atom is 0.101 e. The molecule has 8 aromatic carbocycles. The van der Waals surface area contributed by atoms with E-state index in [2.05, 4.69) is 174 Å². The average molecular weight is 597 g/mol. The molecule has 9 rings (SSSR count). The molecule has 0 spiro atoms. The molecular weight excluding hydrogens is 569 g/mol. The average Bonchev–Trinajstić information content (AvgIpc) is 3.48. The third-order valence-electron chi connectivity index (χ3n) is 9.44. The molecular formula is C45H28N2. The van der Waals surface area contributed by atoms with Crippen LogP contribution in [0, 0.1) is 11.3 Å². The summed E-state index contributed by atoms with van der Waals surface area (Å²) in [4.78, 5) is 0. The Bertz CT molecular complexity index is 2560. The Morgan fingerprint density at radius 3 is 1.28 bits per heavy atom. The summed E-state index contributed by atoms with van der Waals surface area (Å²) in [5, 5.41) is 17.7. The molecule has 0 amide bonds. The number of fused-ring (bicyclic) bond motifs is 5. The van der Waals surface area contributed by atoms with Crippen LogP contribution in [0.15, 0.2) is 170 Å². The van der Waals surface area contributed by atoms with Crippen molar-refractivity contribution in [2.45, 2.75) is 0 Å². The minimum Gasteiger partial charge on any atom is -0.308 e. The molecule has 1 aromatic heterocycles. The van der Waals surface area contributed by atoms with Gasteiger partial charge in [0.1, 0.15) is 6.07 Å². The van der Waals surface area contributed by atoms with Crippen LogP contribution >= 0.6 is 0 Å². The Hall–Kier alpha value is -6.43. The molecule has 0 N–H and O–H groups in total. The van der Waals surface area contributed by atoms with Gasteiger partial charge >= 0.3 is 0 Å². The Kier molecular flexibility index (Phi) is 6.23. The standard InChI is InChI=1S/C45H28N2/c46-29-34-28-33(26-27-41(34)47-42-20-10-8-14-35(42)36-15-9-11-21-43(36)47)30-22-24-32(25-23-30)45-39-18-6-4-16-37(39)44(31-12-2-1-3-13-31)38-17-5-7-19-40(38)45/h1-28H. The summed E-state index contributed by atoms with van der Waals surface area (Å²) in [6, 6.07) is 62.5. The van der Waals surface area contributed by atoms with Crippen molar-refractivity contribution in [2.75, 3.05) is 0 Å². The van der Waals surface area contributed by atoms with Gasteiger partial charge in [-0.15, -0.1) is 0 Å². The second-order valence-corrected chi connectivity index (χ2v) is 12.0. The van der Waals surface area contributed by atoms with Crippen LogP contribution in [-0.4, -0.2) is 4.57 Å². The lowest BCUT2D eigenvalue weighted by Crippen LogP contribution is -1.98. The van der Waals surface area contributed by atoms with E-state index in [1.165, 1.54) is 54.6 Å². The Labute approximate surface area is 273 Å². The number of nitriles is 1. The van der Waals surface area contributed by atoms with Crippen LogP contribution in [0.25, 0.3) is 82.4 Å². The first-order chi connectivity index (χ1) is 23.3. The van der Waals surface area contributed by atoms with Crippen LogP contribution in [-0.2, 0) is 0 Å². The van der Waals surface area contributed by atoms with Gasteiger partial charge in [-0.05, 0) is 79.2 Å². The van der Waals surface area contributed by atoms with E-state index in [4.69, 9.17) is 0 Å². The van der Waals surface area contributed by atoms with Gasteiger partial charge in [0.2, 0.25) is 0 Å². The largest absolute Gasteiger partial charge is 0.308 e. The molecule has 0 unspecified atom stereocenters. The van der Waals surface area contributed by atoms with Gasteiger partial charge in [-0.1, -0.05) is 146 Å². The highest BCUT2D eigenvalue weighted by Gasteiger charge is 2.18. The zero-order valence-electron chi connectivity index (χ0n) is 25.6. The second kappa shape index (κ2) is 10.9. The highest BCUT2D eigenvalue weighted by Crippen LogP contribution is 2.44. The van der Waals surface area contributed by atoms with E-state index in [9.17, 15) is 5.26 Å². The van der Waals surface area contributed by atoms with Crippen LogP contribution < -0.4 is 0 Å². The van der Waals surface area contributed by atoms with Gasteiger partial charge in [0.15, 0.2) is 0 Å². The molecule has 9 aromatic rings. The number of benzene rings is 8. The summed E-state index contributed by atoms with van der Waals surface area (Å²) in [7, 11) is 0. The predicted molar refractivity (Wildman–Crippen MR) is 197 cm³/mol. The van der Waals surface area contributed by atoms with Gasteiger partial charge in [-0.2, -0.15) is 5.26 Å². The van der Waals surface area contributed by atoms with Crippen molar-refractivity contribution in [1.82, 2.24) is 4.57 Å². The number of aromatic nitrogens is 1. The fourth-order valence-corrected chi connectivity index (χ4v) is 7.37. The zero-order valence-corrected chi connectivity index (χ0v) is 25.6. The van der Waals surface area contributed by atoms with Crippen molar-refractivity contribution in [3.8, 4) is 45.1 Å². The Morgan fingerprint density at radius 1 is 0.362 bits per heavy atom. The lowest BCUT2D eigenvalue weighted by atomic mass is 9.85. The van der Waals surface area contributed by atoms with Crippen molar-refractivity contribution in [2.24, 2.45) is 0 Å². The molecule has 47 heavy (non-hydrogen) atoms. The molecule has 218 valence electrons. The first-order valence-electron chi connectivity index (χ1n) is 15.9. The van der Waals surface area contributed by atoms with Crippen LogP contribution in [0.2, 0.25) is 0 Å². The highest BCUT2D eigenvalue weighted by molar-refractivity contribution is 6.21. The normalized spacial score (nSPS) is 11.4. The topological polar surface area (TPSA) is 28.7 Å². The fourth-order valence-electron chi connectivity index (χ4n) is 7.37. The number of rotatable bonds is 4. The van der Waals surface area contributed by atoms with Crippen LogP contribution in [0.1, 0.15) is 5.56 Å². The molecule has 0 radical (unpaired) electrons. The summed E-state index contributed by atoms with van der Waals surface area (Å²) in [5.41, 5.74) is 10.7. The first-order valence-corrected chi connectivity index (χ1v) is 15.9. The number of nitrogens with zero attached hydrogens (tertiary/aromatic N) is 2. The van der Waals surface area contributed by atoms with Crippen molar-refractivity contribution in [1.29, 1.82) is 5.26 Å². The molecule has 0 aliphatic heterocycles. The van der Waals surface area contributed by atoms with E-state index in [-0.39, 0.29) is 0 Å². The van der Waals surface area contributed by atoms with Gasteiger partial charge in [-0.3, -0.25) is 0 Å². The van der Waals surface area contributed by atoms with Crippen LogP contribution in [0.3, 0.4) is 0 Å². The van der Waals surface area contributed by atoms with Crippen molar-refractivity contribution < 1.29 is 0 Å². The smallest absolute Gasteiger partial charge is 0.101 e. The van der Waals surface area contributed by atoms with E-state index in [1.54, 1.807) is 0 Å². The summed E-state index contributed by atoms with van der Waals surface area (Å²) in [6.07, 6.45) is 0. The van der Waals surface area contributed by atoms with Gasteiger partial charge in [0, 0.05) is 10.8 Å². The quantitative estimate of drug-likeness (QED) is 0.186. The van der Waals surface area contributed by atoms with Crippen LogP contribution in [0.4, 0.5) is 0 Å². The molecule has 0 aliphatic carbocycles. The molecule has 0 bridgehead atoms. The summed E-state index contributed by atoms with van der Waals surface area (Å²) in [6.45, 7) is 0. The summed E-state index contributed by atoms with van der Waals surface area (Å²) < 4.78 is 2.21. The maximum atomic E-state index is 10.4. The Morgan fingerprint density at radius 2 is 0.766 bits per heavy atom. The SMILES string of the molecule is N#Cc1cc(-c2ccc(-c3c4ccccc4c(-c4ccccc4)c4ccccc34)cc2)ccc1-n1c2ccccc2c2ccccc21.